The summed E-state index contributed by atoms with van der Waals surface area (Å²) < 4.78 is 0. The third-order valence-electron chi connectivity index (χ3n) is 5.43. The molecule has 3 heterocycles. The van der Waals surface area contributed by atoms with Crippen LogP contribution in [0.5, 0.6) is 0 Å². The van der Waals surface area contributed by atoms with E-state index in [1.54, 1.807) is 40.6 Å². The van der Waals surface area contributed by atoms with Crippen LogP contribution < -0.4 is 10.9 Å². The summed E-state index contributed by atoms with van der Waals surface area (Å²) in [6.45, 7) is 0. The molecule has 4 aromatic rings. The minimum Gasteiger partial charge on any atom is -0.326 e. The number of thioether (sulfide) groups is 1. The summed E-state index contributed by atoms with van der Waals surface area (Å²) in [5.41, 5.74) is 3.00. The van der Waals surface area contributed by atoms with Crippen molar-refractivity contribution >= 4 is 56.2 Å². The van der Waals surface area contributed by atoms with Gasteiger partial charge in [0, 0.05) is 39.9 Å². The maximum absolute atomic E-state index is 12.6. The van der Waals surface area contributed by atoms with Crippen molar-refractivity contribution < 1.29 is 4.79 Å². The van der Waals surface area contributed by atoms with Gasteiger partial charge < -0.3 is 10.3 Å². The van der Waals surface area contributed by atoms with Crippen LogP contribution in [-0.2, 0) is 23.4 Å². The Hall–Kier alpha value is -2.49. The van der Waals surface area contributed by atoms with Gasteiger partial charge in [-0.3, -0.25) is 9.59 Å². The maximum atomic E-state index is 12.6. The summed E-state index contributed by atoms with van der Waals surface area (Å²) in [5, 5.41) is 6.63. The number of fused-ring (bicyclic) bond motifs is 3. The number of carbonyl (C=O) groups is 1. The molecule has 0 aliphatic heterocycles. The molecule has 0 radical (unpaired) electrons. The van der Waals surface area contributed by atoms with Gasteiger partial charge in [0.25, 0.3) is 5.56 Å². The number of hydrogen-bond acceptors (Lipinski definition) is 7. The normalized spacial score (nSPS) is 13.2. The average Bonchev–Trinajstić information content (AvgIpc) is 3.45. The molecule has 1 aliphatic carbocycles. The van der Waals surface area contributed by atoms with Crippen LogP contribution in [0.3, 0.4) is 0 Å². The molecule has 2 N–H and O–H groups in total. The summed E-state index contributed by atoms with van der Waals surface area (Å²) in [6.07, 6.45) is 6.56. The Morgan fingerprint density at radius 2 is 2.03 bits per heavy atom. The number of amides is 1. The van der Waals surface area contributed by atoms with Crippen molar-refractivity contribution in [2.45, 2.75) is 37.9 Å². The second-order valence-corrected chi connectivity index (χ2v) is 10.8. The van der Waals surface area contributed by atoms with E-state index >= 15 is 0 Å². The second-order valence-electron chi connectivity index (χ2n) is 7.67. The first-order valence-electron chi connectivity index (χ1n) is 10.6. The first-order chi connectivity index (χ1) is 15.7. The molecule has 164 valence electrons. The van der Waals surface area contributed by atoms with Gasteiger partial charge in [0.05, 0.1) is 11.1 Å². The van der Waals surface area contributed by atoms with E-state index in [4.69, 9.17) is 4.98 Å². The number of nitrogens with one attached hydrogen (secondary N) is 2. The zero-order valence-electron chi connectivity index (χ0n) is 17.3. The van der Waals surface area contributed by atoms with Crippen molar-refractivity contribution in [1.29, 1.82) is 0 Å². The summed E-state index contributed by atoms with van der Waals surface area (Å²) >= 11 is 4.86. The van der Waals surface area contributed by atoms with Crippen molar-refractivity contribution in [2.75, 3.05) is 11.1 Å². The molecule has 3 aromatic heterocycles. The van der Waals surface area contributed by atoms with E-state index in [0.717, 1.165) is 45.7 Å². The minimum atomic E-state index is -0.0256. The summed E-state index contributed by atoms with van der Waals surface area (Å²) in [6, 6.07) is 7.71. The molecule has 1 amide bonds. The molecular formula is C23H22N4O2S3. The van der Waals surface area contributed by atoms with Crippen LogP contribution in [0.1, 0.15) is 35.5 Å². The zero-order chi connectivity index (χ0) is 21.9. The third kappa shape index (κ3) is 4.65. The fourth-order valence-electron chi connectivity index (χ4n) is 3.90. The molecule has 0 saturated carbocycles. The number of rotatable bonds is 7. The van der Waals surface area contributed by atoms with Crippen LogP contribution in [0, 0.1) is 0 Å². The van der Waals surface area contributed by atoms with Gasteiger partial charge in [0.15, 0.2) is 0 Å². The van der Waals surface area contributed by atoms with E-state index in [9.17, 15) is 9.59 Å². The zero-order valence-corrected chi connectivity index (χ0v) is 19.8. The number of thiazole rings is 1. The highest BCUT2D eigenvalue weighted by Crippen LogP contribution is 2.33. The minimum absolute atomic E-state index is 0.0241. The highest BCUT2D eigenvalue weighted by molar-refractivity contribution is 7.98. The lowest BCUT2D eigenvalue weighted by Gasteiger charge is -2.09. The van der Waals surface area contributed by atoms with Crippen molar-refractivity contribution in [1.82, 2.24) is 15.0 Å². The number of aryl methyl sites for hydroxylation is 2. The molecule has 0 spiro atoms. The number of benzene rings is 1. The lowest BCUT2D eigenvalue weighted by molar-refractivity contribution is -0.115. The molecule has 1 aromatic carbocycles. The van der Waals surface area contributed by atoms with Gasteiger partial charge in [0.2, 0.25) is 5.91 Å². The maximum Gasteiger partial charge on any atom is 0.259 e. The molecule has 0 saturated heterocycles. The molecule has 0 unspecified atom stereocenters. The van der Waals surface area contributed by atoms with Crippen LogP contribution in [0.25, 0.3) is 20.8 Å². The van der Waals surface area contributed by atoms with Crippen molar-refractivity contribution in [3.63, 3.8) is 0 Å². The smallest absolute Gasteiger partial charge is 0.259 e. The number of aromatic amines is 1. The van der Waals surface area contributed by atoms with Crippen LogP contribution >= 0.6 is 34.4 Å². The number of thiophene rings is 1. The molecule has 9 heteroatoms. The third-order valence-corrected chi connectivity index (χ3v) is 8.41. The number of aromatic nitrogens is 3. The number of hydrogen-bond donors (Lipinski definition) is 2. The van der Waals surface area contributed by atoms with E-state index in [2.05, 4.69) is 15.3 Å². The van der Waals surface area contributed by atoms with Crippen LogP contribution in [-0.4, -0.2) is 26.6 Å². The van der Waals surface area contributed by atoms with E-state index in [-0.39, 0.29) is 11.5 Å². The summed E-state index contributed by atoms with van der Waals surface area (Å²) in [5.74, 6) is 1.90. The standard InChI is InChI=1S/C23H22N4O2S3/c28-19(25-15-7-5-14(6-8-15)22-24-10-12-31-22)9-11-30-13-18-26-21(29)20-16-3-1-2-4-17(16)32-23(20)27-18/h5-8,10,12H,1-4,9,11,13H2,(H,25,28)(H,26,27,29). The van der Waals surface area contributed by atoms with Crippen molar-refractivity contribution in [2.24, 2.45) is 0 Å². The Kier molecular flexibility index (Phi) is 6.38. The average molecular weight is 483 g/mol. The predicted molar refractivity (Wildman–Crippen MR) is 134 cm³/mol. The molecule has 0 atom stereocenters. The fourth-order valence-corrected chi connectivity index (χ4v) is 6.63. The van der Waals surface area contributed by atoms with Crippen LogP contribution in [0.15, 0.2) is 40.6 Å². The summed E-state index contributed by atoms with van der Waals surface area (Å²) in [7, 11) is 0. The quantitative estimate of drug-likeness (QED) is 0.351. The monoisotopic (exact) mass is 482 g/mol. The van der Waals surface area contributed by atoms with Gasteiger partial charge in [-0.05, 0) is 55.5 Å². The van der Waals surface area contributed by atoms with E-state index in [1.165, 1.54) is 16.9 Å². The first kappa shape index (κ1) is 21.4. The molecule has 0 fully saturated rings. The fraction of sp³-hybridized carbons (Fsp3) is 0.304. The molecule has 6 nitrogen and oxygen atoms in total. The van der Waals surface area contributed by atoms with Gasteiger partial charge in [-0.25, -0.2) is 9.97 Å². The van der Waals surface area contributed by atoms with E-state index < -0.39 is 0 Å². The van der Waals surface area contributed by atoms with Crippen LogP contribution in [0.2, 0.25) is 0 Å². The number of H-pyrrole nitrogens is 1. The number of anilines is 1. The Morgan fingerprint density at radius 3 is 2.84 bits per heavy atom. The first-order valence-corrected chi connectivity index (χ1v) is 13.4. The molecular weight excluding hydrogens is 460 g/mol. The lowest BCUT2D eigenvalue weighted by atomic mass is 9.97. The molecule has 5 rings (SSSR count). The van der Waals surface area contributed by atoms with Gasteiger partial charge in [-0.2, -0.15) is 11.8 Å². The van der Waals surface area contributed by atoms with Gasteiger partial charge >= 0.3 is 0 Å². The Balaban J connectivity index is 1.13. The molecule has 1 aliphatic rings. The van der Waals surface area contributed by atoms with Crippen molar-refractivity contribution in [3.8, 4) is 10.6 Å². The van der Waals surface area contributed by atoms with Gasteiger partial charge in [-0.1, -0.05) is 0 Å². The molecule has 0 bridgehead atoms. The largest absolute Gasteiger partial charge is 0.326 e. The van der Waals surface area contributed by atoms with Gasteiger partial charge in [0.1, 0.15) is 15.7 Å². The Bertz CT molecular complexity index is 1290. The number of carbonyl (C=O) groups excluding carboxylic acids is 1. The SMILES string of the molecule is O=C(CCSCc1nc2sc3c(c2c(=O)[nH]1)CCCC3)Nc1ccc(-c2nccs2)cc1. The Morgan fingerprint density at radius 1 is 1.19 bits per heavy atom. The summed E-state index contributed by atoms with van der Waals surface area (Å²) in [4.78, 5) is 39.0. The van der Waals surface area contributed by atoms with Gasteiger partial charge in [-0.15, -0.1) is 22.7 Å². The van der Waals surface area contributed by atoms with Crippen LogP contribution in [0.4, 0.5) is 5.69 Å². The molecule has 32 heavy (non-hydrogen) atoms. The predicted octanol–water partition coefficient (Wildman–Crippen LogP) is 5.25. The second kappa shape index (κ2) is 9.56. The number of nitrogens with zero attached hydrogens (tertiary/aromatic N) is 2. The van der Waals surface area contributed by atoms with Crippen molar-refractivity contribution in [3.05, 3.63) is 62.5 Å². The topological polar surface area (TPSA) is 87.7 Å². The van der Waals surface area contributed by atoms with E-state index in [0.29, 0.717) is 23.8 Å². The van der Waals surface area contributed by atoms with E-state index in [1.807, 2.05) is 29.6 Å². The highest BCUT2D eigenvalue weighted by Gasteiger charge is 2.19. The highest BCUT2D eigenvalue weighted by atomic mass is 32.2. The Labute approximate surface area is 197 Å². The lowest BCUT2D eigenvalue weighted by Crippen LogP contribution is -2.13.